The monoisotopic (exact) mass is 317 g/mol. The molecule has 5 heteroatoms. The lowest BCUT2D eigenvalue weighted by Crippen LogP contribution is -2.28. The van der Waals surface area contributed by atoms with Crippen molar-refractivity contribution in [3.8, 4) is 5.75 Å². The van der Waals surface area contributed by atoms with Crippen LogP contribution in [0.2, 0.25) is 0 Å². The van der Waals surface area contributed by atoms with E-state index in [0.29, 0.717) is 17.9 Å². The zero-order valence-electron chi connectivity index (χ0n) is 13.5. The van der Waals surface area contributed by atoms with Gasteiger partial charge in [0.1, 0.15) is 5.75 Å². The van der Waals surface area contributed by atoms with Crippen molar-refractivity contribution in [1.82, 2.24) is 0 Å². The number of hydrogen-bond donors (Lipinski definition) is 0. The lowest BCUT2D eigenvalue weighted by Gasteiger charge is -2.14. The highest BCUT2D eigenvalue weighted by Gasteiger charge is 2.30. The molecule has 0 atom stereocenters. The Bertz CT molecular complexity index is 549. The van der Waals surface area contributed by atoms with Crippen LogP contribution in [0, 0.1) is 0 Å². The van der Waals surface area contributed by atoms with Gasteiger partial charge in [-0.1, -0.05) is 32.6 Å². The van der Waals surface area contributed by atoms with Gasteiger partial charge in [0, 0.05) is 19.3 Å². The van der Waals surface area contributed by atoms with E-state index in [4.69, 9.17) is 4.74 Å². The van der Waals surface area contributed by atoms with Crippen LogP contribution in [-0.2, 0) is 14.4 Å². The van der Waals surface area contributed by atoms with Crippen LogP contribution in [0.4, 0.5) is 5.69 Å². The summed E-state index contributed by atoms with van der Waals surface area (Å²) in [6.07, 6.45) is 6.34. The number of rotatable bonds is 8. The molecule has 23 heavy (non-hydrogen) atoms. The van der Waals surface area contributed by atoms with Crippen molar-refractivity contribution in [1.29, 1.82) is 0 Å². The van der Waals surface area contributed by atoms with Gasteiger partial charge in [0.2, 0.25) is 11.8 Å². The summed E-state index contributed by atoms with van der Waals surface area (Å²) >= 11 is 0. The fourth-order valence-electron chi connectivity index (χ4n) is 2.58. The highest BCUT2D eigenvalue weighted by Crippen LogP contribution is 2.25. The topological polar surface area (TPSA) is 63.7 Å². The molecule has 1 fully saturated rings. The zero-order chi connectivity index (χ0) is 16.7. The fraction of sp³-hybridized carbons (Fsp3) is 0.500. The fourth-order valence-corrected chi connectivity index (χ4v) is 2.58. The van der Waals surface area contributed by atoms with Gasteiger partial charge in [0.25, 0.3) is 0 Å². The SMILES string of the molecule is CCCCCCCC(=O)Oc1ccc(N2C(=O)CCC2=O)cc1. The Morgan fingerprint density at radius 1 is 1.00 bits per heavy atom. The number of ether oxygens (including phenoxy) is 1. The minimum atomic E-state index is -0.248. The molecule has 1 aliphatic rings. The van der Waals surface area contributed by atoms with Gasteiger partial charge in [0.05, 0.1) is 5.69 Å². The molecule has 0 aliphatic carbocycles. The van der Waals surface area contributed by atoms with E-state index in [-0.39, 0.29) is 30.6 Å². The summed E-state index contributed by atoms with van der Waals surface area (Å²) < 4.78 is 5.26. The molecule has 0 unspecified atom stereocenters. The first-order valence-corrected chi connectivity index (χ1v) is 8.28. The Kier molecular flexibility index (Phi) is 6.32. The standard InChI is InChI=1S/C18H23NO4/c1-2-3-4-5-6-7-18(22)23-15-10-8-14(9-11-15)19-16(20)12-13-17(19)21/h8-11H,2-7,12-13H2,1H3. The van der Waals surface area contributed by atoms with Crippen LogP contribution in [0.5, 0.6) is 5.75 Å². The second-order valence-corrected chi connectivity index (χ2v) is 5.76. The van der Waals surface area contributed by atoms with Crippen molar-refractivity contribution < 1.29 is 19.1 Å². The van der Waals surface area contributed by atoms with Crippen LogP contribution >= 0.6 is 0 Å². The molecule has 0 aromatic heterocycles. The smallest absolute Gasteiger partial charge is 0.311 e. The van der Waals surface area contributed by atoms with E-state index >= 15 is 0 Å². The van der Waals surface area contributed by atoms with E-state index in [1.54, 1.807) is 24.3 Å². The Labute approximate surface area is 136 Å². The third-order valence-electron chi connectivity index (χ3n) is 3.86. The number of anilines is 1. The van der Waals surface area contributed by atoms with Crippen molar-refractivity contribution in [2.24, 2.45) is 0 Å². The van der Waals surface area contributed by atoms with E-state index in [1.165, 1.54) is 17.7 Å². The summed E-state index contributed by atoms with van der Waals surface area (Å²) in [4.78, 5) is 36.3. The molecular formula is C18H23NO4. The van der Waals surface area contributed by atoms with Gasteiger partial charge in [-0.25, -0.2) is 0 Å². The molecular weight excluding hydrogens is 294 g/mol. The number of benzene rings is 1. The zero-order valence-corrected chi connectivity index (χ0v) is 13.5. The summed E-state index contributed by atoms with van der Waals surface area (Å²) in [5.74, 6) is -0.187. The van der Waals surface area contributed by atoms with Gasteiger partial charge in [-0.3, -0.25) is 19.3 Å². The lowest BCUT2D eigenvalue weighted by molar-refractivity contribution is -0.134. The maximum absolute atomic E-state index is 11.7. The third kappa shape index (κ3) is 4.91. The van der Waals surface area contributed by atoms with E-state index in [2.05, 4.69) is 6.92 Å². The van der Waals surface area contributed by atoms with Gasteiger partial charge in [0.15, 0.2) is 0 Å². The molecule has 0 bridgehead atoms. The van der Waals surface area contributed by atoms with Crippen molar-refractivity contribution >= 4 is 23.5 Å². The quantitative estimate of drug-likeness (QED) is 0.318. The van der Waals surface area contributed by atoms with Crippen LogP contribution in [0.3, 0.4) is 0 Å². The van der Waals surface area contributed by atoms with E-state index < -0.39 is 0 Å². The number of amides is 2. The van der Waals surface area contributed by atoms with Crippen molar-refractivity contribution in [3.63, 3.8) is 0 Å². The molecule has 1 saturated heterocycles. The van der Waals surface area contributed by atoms with Crippen LogP contribution < -0.4 is 9.64 Å². The predicted octanol–water partition coefficient (Wildman–Crippen LogP) is 3.61. The summed E-state index contributed by atoms with van der Waals surface area (Å²) in [5, 5.41) is 0. The molecule has 2 amide bonds. The minimum absolute atomic E-state index is 0.188. The van der Waals surface area contributed by atoms with Gasteiger partial charge in [-0.2, -0.15) is 0 Å². The van der Waals surface area contributed by atoms with Crippen molar-refractivity contribution in [2.45, 2.75) is 58.3 Å². The van der Waals surface area contributed by atoms with Crippen LogP contribution in [0.25, 0.3) is 0 Å². The van der Waals surface area contributed by atoms with E-state index in [1.807, 2.05) is 0 Å². The van der Waals surface area contributed by atoms with Gasteiger partial charge < -0.3 is 4.74 Å². The number of esters is 1. The average molecular weight is 317 g/mol. The largest absolute Gasteiger partial charge is 0.427 e. The Balaban J connectivity index is 1.82. The molecule has 0 N–H and O–H groups in total. The highest BCUT2D eigenvalue weighted by atomic mass is 16.5. The second kappa shape index (κ2) is 8.46. The van der Waals surface area contributed by atoms with Gasteiger partial charge >= 0.3 is 5.97 Å². The molecule has 1 aromatic rings. The molecule has 1 aromatic carbocycles. The van der Waals surface area contributed by atoms with Gasteiger partial charge in [-0.15, -0.1) is 0 Å². The Hall–Kier alpha value is -2.17. The predicted molar refractivity (Wildman–Crippen MR) is 87.2 cm³/mol. The first-order chi connectivity index (χ1) is 11.1. The normalized spacial score (nSPS) is 14.4. The van der Waals surface area contributed by atoms with Crippen LogP contribution in [-0.4, -0.2) is 17.8 Å². The molecule has 0 saturated carbocycles. The Morgan fingerprint density at radius 2 is 1.61 bits per heavy atom. The third-order valence-corrected chi connectivity index (χ3v) is 3.86. The molecule has 2 rings (SSSR count). The average Bonchev–Trinajstić information content (AvgIpc) is 2.87. The van der Waals surface area contributed by atoms with E-state index in [0.717, 1.165) is 19.3 Å². The number of hydrogen-bond acceptors (Lipinski definition) is 4. The number of carbonyl (C=O) groups is 3. The highest BCUT2D eigenvalue weighted by molar-refractivity contribution is 6.19. The minimum Gasteiger partial charge on any atom is -0.427 e. The number of imide groups is 1. The first kappa shape index (κ1) is 17.2. The number of unbranched alkanes of at least 4 members (excludes halogenated alkanes) is 4. The molecule has 1 heterocycles. The van der Waals surface area contributed by atoms with Gasteiger partial charge in [-0.05, 0) is 30.7 Å². The first-order valence-electron chi connectivity index (χ1n) is 8.28. The van der Waals surface area contributed by atoms with Crippen molar-refractivity contribution in [3.05, 3.63) is 24.3 Å². The molecule has 5 nitrogen and oxygen atoms in total. The molecule has 1 aliphatic heterocycles. The Morgan fingerprint density at radius 3 is 2.22 bits per heavy atom. The molecule has 0 spiro atoms. The van der Waals surface area contributed by atoms with Crippen LogP contribution in [0.1, 0.15) is 58.3 Å². The maximum atomic E-state index is 11.7. The summed E-state index contributed by atoms with van der Waals surface area (Å²) in [6, 6.07) is 6.49. The number of nitrogens with zero attached hydrogens (tertiary/aromatic N) is 1. The molecule has 124 valence electrons. The van der Waals surface area contributed by atoms with Crippen molar-refractivity contribution in [2.75, 3.05) is 4.90 Å². The summed E-state index contributed by atoms with van der Waals surface area (Å²) in [6.45, 7) is 2.15. The number of carbonyl (C=O) groups excluding carboxylic acids is 3. The summed E-state index contributed by atoms with van der Waals surface area (Å²) in [5.41, 5.74) is 0.525. The van der Waals surface area contributed by atoms with Crippen LogP contribution in [0.15, 0.2) is 24.3 Å². The second-order valence-electron chi connectivity index (χ2n) is 5.76. The summed E-state index contributed by atoms with van der Waals surface area (Å²) in [7, 11) is 0. The molecule has 0 radical (unpaired) electrons. The lowest BCUT2D eigenvalue weighted by atomic mass is 10.1. The van der Waals surface area contributed by atoms with E-state index in [9.17, 15) is 14.4 Å². The maximum Gasteiger partial charge on any atom is 0.311 e.